The van der Waals surface area contributed by atoms with Gasteiger partial charge >= 0.3 is 0 Å². The Hall–Kier alpha value is -0.580. The molecule has 3 N–H and O–H groups in total. The molecule has 0 atom stereocenters. The van der Waals surface area contributed by atoms with Gasteiger partial charge in [0.05, 0.1) is 5.02 Å². The summed E-state index contributed by atoms with van der Waals surface area (Å²) in [5.41, 5.74) is 6.33. The lowest BCUT2D eigenvalue weighted by molar-refractivity contribution is 0.0942. The van der Waals surface area contributed by atoms with Crippen molar-refractivity contribution in [2.75, 3.05) is 6.54 Å². The van der Waals surface area contributed by atoms with Gasteiger partial charge in [-0.25, -0.2) is 0 Å². The summed E-state index contributed by atoms with van der Waals surface area (Å²) in [6, 6.07) is 5.12. The molecule has 0 aliphatic heterocycles. The molecule has 0 aliphatic carbocycles. The van der Waals surface area contributed by atoms with Gasteiger partial charge in [0.25, 0.3) is 5.91 Å². The minimum Gasteiger partial charge on any atom is -0.350 e. The summed E-state index contributed by atoms with van der Waals surface area (Å²) >= 11 is 9.24. The van der Waals surface area contributed by atoms with Crippen LogP contribution in [0.4, 0.5) is 0 Å². The van der Waals surface area contributed by atoms with E-state index in [2.05, 4.69) is 21.2 Å². The monoisotopic (exact) mass is 332 g/mol. The van der Waals surface area contributed by atoms with E-state index in [1.807, 2.05) is 13.8 Å². The SMILES string of the molecule is CCC(N)(CC)CNC(=O)c1ccc(Br)c(Cl)c1. The third-order valence-electron chi connectivity index (χ3n) is 3.19. The van der Waals surface area contributed by atoms with Crippen molar-refractivity contribution in [2.45, 2.75) is 32.2 Å². The van der Waals surface area contributed by atoms with Gasteiger partial charge in [-0.2, -0.15) is 0 Å². The van der Waals surface area contributed by atoms with Crippen molar-refractivity contribution >= 4 is 33.4 Å². The Balaban J connectivity index is 2.68. The third kappa shape index (κ3) is 3.97. The van der Waals surface area contributed by atoms with Crippen molar-refractivity contribution in [3.05, 3.63) is 33.3 Å². The van der Waals surface area contributed by atoms with E-state index in [0.29, 0.717) is 17.1 Å². The van der Waals surface area contributed by atoms with Crippen LogP contribution in [0.5, 0.6) is 0 Å². The van der Waals surface area contributed by atoms with Gasteiger partial charge in [0.1, 0.15) is 0 Å². The van der Waals surface area contributed by atoms with Crippen molar-refractivity contribution in [1.82, 2.24) is 5.32 Å². The van der Waals surface area contributed by atoms with Gasteiger partial charge in [-0.3, -0.25) is 4.79 Å². The molecule has 0 saturated carbocycles. The zero-order chi connectivity index (χ0) is 13.8. The lowest BCUT2D eigenvalue weighted by Gasteiger charge is -2.26. The maximum Gasteiger partial charge on any atom is 0.251 e. The fraction of sp³-hybridized carbons (Fsp3) is 0.462. The normalized spacial score (nSPS) is 11.4. The predicted molar refractivity (Wildman–Crippen MR) is 79.0 cm³/mol. The minimum atomic E-state index is -0.338. The highest BCUT2D eigenvalue weighted by Crippen LogP contribution is 2.23. The molecule has 0 bridgehead atoms. The number of benzene rings is 1. The number of nitrogens with one attached hydrogen (secondary N) is 1. The van der Waals surface area contributed by atoms with E-state index in [1.165, 1.54) is 0 Å². The van der Waals surface area contributed by atoms with Crippen molar-refractivity contribution < 1.29 is 4.79 Å². The van der Waals surface area contributed by atoms with Crippen LogP contribution in [0.3, 0.4) is 0 Å². The number of amides is 1. The number of carbonyl (C=O) groups is 1. The molecular formula is C13H18BrClN2O. The van der Waals surface area contributed by atoms with E-state index in [9.17, 15) is 4.79 Å². The number of carbonyl (C=O) groups excluding carboxylic acids is 1. The summed E-state index contributed by atoms with van der Waals surface area (Å²) in [6.45, 7) is 4.50. The first-order valence-electron chi connectivity index (χ1n) is 5.94. The standard InChI is InChI=1S/C13H18BrClN2O/c1-3-13(16,4-2)8-17-12(18)9-5-6-10(14)11(15)7-9/h5-7H,3-4,8,16H2,1-2H3,(H,17,18). The fourth-order valence-electron chi connectivity index (χ4n) is 1.50. The van der Waals surface area contributed by atoms with Crippen LogP contribution in [-0.4, -0.2) is 18.0 Å². The third-order valence-corrected chi connectivity index (χ3v) is 4.42. The van der Waals surface area contributed by atoms with Crippen LogP contribution in [0.15, 0.2) is 22.7 Å². The summed E-state index contributed by atoms with van der Waals surface area (Å²) < 4.78 is 0.774. The average Bonchev–Trinajstić information content (AvgIpc) is 2.38. The molecule has 0 aromatic heterocycles. The number of halogens is 2. The first kappa shape index (κ1) is 15.5. The Morgan fingerprint density at radius 2 is 2.06 bits per heavy atom. The van der Waals surface area contributed by atoms with Crippen LogP contribution in [-0.2, 0) is 0 Å². The number of hydrogen-bond donors (Lipinski definition) is 2. The molecule has 18 heavy (non-hydrogen) atoms. The first-order valence-corrected chi connectivity index (χ1v) is 7.11. The molecule has 0 aliphatic rings. The highest BCUT2D eigenvalue weighted by atomic mass is 79.9. The van der Waals surface area contributed by atoms with E-state index >= 15 is 0 Å². The maximum atomic E-state index is 11.9. The molecule has 0 radical (unpaired) electrons. The van der Waals surface area contributed by atoms with Gasteiger partial charge in [0, 0.05) is 22.1 Å². The van der Waals surface area contributed by atoms with E-state index in [1.54, 1.807) is 18.2 Å². The second-order valence-electron chi connectivity index (χ2n) is 4.38. The summed E-state index contributed by atoms with van der Waals surface area (Å²) in [6.07, 6.45) is 1.65. The molecular weight excluding hydrogens is 316 g/mol. The van der Waals surface area contributed by atoms with E-state index in [4.69, 9.17) is 17.3 Å². The summed E-state index contributed by atoms with van der Waals surface area (Å²) in [7, 11) is 0. The van der Waals surface area contributed by atoms with E-state index in [0.717, 1.165) is 17.3 Å². The van der Waals surface area contributed by atoms with Gasteiger partial charge in [0.2, 0.25) is 0 Å². The molecule has 100 valence electrons. The smallest absolute Gasteiger partial charge is 0.251 e. The zero-order valence-electron chi connectivity index (χ0n) is 10.6. The molecule has 5 heteroatoms. The van der Waals surface area contributed by atoms with E-state index in [-0.39, 0.29) is 11.4 Å². The van der Waals surface area contributed by atoms with Crippen LogP contribution in [0.1, 0.15) is 37.0 Å². The predicted octanol–water partition coefficient (Wildman–Crippen LogP) is 3.35. The van der Waals surface area contributed by atoms with Gasteiger partial charge in [-0.15, -0.1) is 0 Å². The summed E-state index contributed by atoms with van der Waals surface area (Å²) in [5, 5.41) is 3.37. The Kier molecular flexibility index (Phi) is 5.63. The van der Waals surface area contributed by atoms with Gasteiger partial charge in [-0.05, 0) is 47.0 Å². The van der Waals surface area contributed by atoms with Crippen LogP contribution in [0.25, 0.3) is 0 Å². The Labute approximate surface area is 121 Å². The van der Waals surface area contributed by atoms with Crippen LogP contribution in [0.2, 0.25) is 5.02 Å². The zero-order valence-corrected chi connectivity index (χ0v) is 12.9. The Bertz CT molecular complexity index is 433. The van der Waals surface area contributed by atoms with Crippen LogP contribution < -0.4 is 11.1 Å². The number of rotatable bonds is 5. The van der Waals surface area contributed by atoms with Crippen molar-refractivity contribution in [1.29, 1.82) is 0 Å². The minimum absolute atomic E-state index is 0.152. The highest BCUT2D eigenvalue weighted by Gasteiger charge is 2.21. The quantitative estimate of drug-likeness (QED) is 0.868. The van der Waals surface area contributed by atoms with Crippen molar-refractivity contribution in [3.63, 3.8) is 0 Å². The second-order valence-corrected chi connectivity index (χ2v) is 5.64. The van der Waals surface area contributed by atoms with Crippen LogP contribution in [0, 0.1) is 0 Å². The Morgan fingerprint density at radius 3 is 2.56 bits per heavy atom. The molecule has 1 amide bonds. The number of nitrogens with two attached hydrogens (primary N) is 1. The lowest BCUT2D eigenvalue weighted by atomic mass is 9.94. The molecule has 0 saturated heterocycles. The van der Waals surface area contributed by atoms with Gasteiger partial charge in [-0.1, -0.05) is 25.4 Å². The van der Waals surface area contributed by atoms with E-state index < -0.39 is 0 Å². The molecule has 1 aromatic carbocycles. The van der Waals surface area contributed by atoms with Gasteiger partial charge < -0.3 is 11.1 Å². The highest BCUT2D eigenvalue weighted by molar-refractivity contribution is 9.10. The van der Waals surface area contributed by atoms with Crippen LogP contribution >= 0.6 is 27.5 Å². The molecule has 1 aromatic rings. The molecule has 0 heterocycles. The molecule has 3 nitrogen and oxygen atoms in total. The topological polar surface area (TPSA) is 55.1 Å². The summed E-state index contributed by atoms with van der Waals surface area (Å²) in [4.78, 5) is 11.9. The Morgan fingerprint density at radius 1 is 1.44 bits per heavy atom. The second kappa shape index (κ2) is 6.55. The fourth-order valence-corrected chi connectivity index (χ4v) is 1.92. The maximum absolute atomic E-state index is 11.9. The van der Waals surface area contributed by atoms with Crippen molar-refractivity contribution in [2.24, 2.45) is 5.73 Å². The van der Waals surface area contributed by atoms with Gasteiger partial charge in [0.15, 0.2) is 0 Å². The molecule has 0 unspecified atom stereocenters. The average molecular weight is 334 g/mol. The largest absolute Gasteiger partial charge is 0.350 e. The molecule has 1 rings (SSSR count). The first-order chi connectivity index (χ1) is 8.41. The molecule has 0 spiro atoms. The molecule has 0 fully saturated rings. The van der Waals surface area contributed by atoms with Crippen molar-refractivity contribution in [3.8, 4) is 0 Å². The summed E-state index contributed by atoms with van der Waals surface area (Å²) in [5.74, 6) is -0.152. The number of hydrogen-bond acceptors (Lipinski definition) is 2. The lowest BCUT2D eigenvalue weighted by Crippen LogP contribution is -2.49.